The van der Waals surface area contributed by atoms with Gasteiger partial charge >= 0.3 is 5.97 Å². The molecule has 0 aliphatic heterocycles. The van der Waals surface area contributed by atoms with E-state index in [0.29, 0.717) is 6.61 Å². The van der Waals surface area contributed by atoms with E-state index in [0.717, 1.165) is 35.8 Å². The van der Waals surface area contributed by atoms with Crippen LogP contribution in [0.25, 0.3) is 0 Å². The van der Waals surface area contributed by atoms with Crippen LogP contribution in [-0.2, 0) is 11.2 Å². The molecule has 0 aliphatic rings. The first-order chi connectivity index (χ1) is 22.0. The van der Waals surface area contributed by atoms with Gasteiger partial charge in [-0.05, 0) is 42.7 Å². The fourth-order valence-corrected chi connectivity index (χ4v) is 6.59. The van der Waals surface area contributed by atoms with Crippen LogP contribution in [0.1, 0.15) is 223 Å². The Balaban J connectivity index is 1.95. The molecule has 0 N–H and O–H groups in total. The van der Waals surface area contributed by atoms with Crippen molar-refractivity contribution >= 4 is 5.97 Å². The number of hydrogen-bond donors (Lipinski definition) is 0. The van der Waals surface area contributed by atoms with Crippen LogP contribution in [0.15, 0.2) is 24.3 Å². The summed E-state index contributed by atoms with van der Waals surface area (Å²) >= 11 is 0. The van der Waals surface area contributed by atoms with Crippen molar-refractivity contribution in [3.05, 3.63) is 35.4 Å². The molecule has 0 aliphatic carbocycles. The molecule has 0 saturated carbocycles. The number of rotatable bonds is 33. The molecule has 2 heteroatoms. The smallest absolute Gasteiger partial charge is 0.338 e. The summed E-state index contributed by atoms with van der Waals surface area (Å²) in [5.74, 6) is 1.61. The molecule has 0 radical (unpaired) electrons. The number of esters is 1. The molecule has 0 atom stereocenters. The second-order valence-corrected chi connectivity index (χ2v) is 15.1. The van der Waals surface area contributed by atoms with Gasteiger partial charge < -0.3 is 4.74 Å². The van der Waals surface area contributed by atoms with Crippen LogP contribution in [0.3, 0.4) is 0 Å². The maximum absolute atomic E-state index is 12.8. The first kappa shape index (κ1) is 41.7. The summed E-state index contributed by atoms with van der Waals surface area (Å²) < 4.78 is 5.68. The van der Waals surface area contributed by atoms with Gasteiger partial charge in [0, 0.05) is 0 Å². The normalized spacial score (nSPS) is 11.6. The molecule has 0 fully saturated rings. The molecule has 0 heterocycles. The van der Waals surface area contributed by atoms with Crippen molar-refractivity contribution in [3.63, 3.8) is 0 Å². The van der Waals surface area contributed by atoms with Crippen LogP contribution in [0.5, 0.6) is 0 Å². The monoisotopic (exact) mass is 627 g/mol. The van der Waals surface area contributed by atoms with Crippen molar-refractivity contribution in [3.8, 4) is 0 Å². The third-order valence-corrected chi connectivity index (χ3v) is 9.62. The van der Waals surface area contributed by atoms with Gasteiger partial charge in [-0.25, -0.2) is 4.79 Å². The van der Waals surface area contributed by atoms with E-state index in [-0.39, 0.29) is 5.97 Å². The lowest BCUT2D eigenvalue weighted by molar-refractivity contribution is 0.0496. The minimum absolute atomic E-state index is 0.124. The average Bonchev–Trinajstić information content (AvgIpc) is 3.02. The van der Waals surface area contributed by atoms with Crippen molar-refractivity contribution in [2.45, 2.75) is 214 Å². The molecule has 1 rings (SSSR count). The van der Waals surface area contributed by atoms with Crippen molar-refractivity contribution in [1.82, 2.24) is 0 Å². The summed E-state index contributed by atoms with van der Waals surface area (Å²) in [6.45, 7) is 9.89. The fourth-order valence-electron chi connectivity index (χ4n) is 6.59. The van der Waals surface area contributed by atoms with Crippen LogP contribution in [0.2, 0.25) is 0 Å². The zero-order chi connectivity index (χ0) is 32.6. The maximum Gasteiger partial charge on any atom is 0.338 e. The van der Waals surface area contributed by atoms with Crippen LogP contribution >= 0.6 is 0 Å². The lowest BCUT2D eigenvalue weighted by Gasteiger charge is -2.10. The van der Waals surface area contributed by atoms with E-state index in [1.807, 2.05) is 12.1 Å². The van der Waals surface area contributed by atoms with Crippen LogP contribution < -0.4 is 0 Å². The molecular formula is C43H78O2. The molecule has 0 bridgehead atoms. The van der Waals surface area contributed by atoms with E-state index < -0.39 is 0 Å². The number of aryl methyl sites for hydroxylation is 1. The van der Waals surface area contributed by atoms with Gasteiger partial charge in [-0.15, -0.1) is 0 Å². The Morgan fingerprint density at radius 3 is 1.20 bits per heavy atom. The highest BCUT2D eigenvalue weighted by Gasteiger charge is 2.12. The van der Waals surface area contributed by atoms with Gasteiger partial charge in [-0.1, -0.05) is 213 Å². The summed E-state index contributed by atoms with van der Waals surface area (Å²) in [7, 11) is 0. The molecule has 0 spiro atoms. The Labute approximate surface area is 282 Å². The van der Waals surface area contributed by atoms with Crippen molar-refractivity contribution < 1.29 is 9.53 Å². The minimum Gasteiger partial charge on any atom is -0.462 e. The van der Waals surface area contributed by atoms with E-state index in [1.165, 1.54) is 173 Å². The van der Waals surface area contributed by atoms with Gasteiger partial charge in [-0.2, -0.15) is 0 Å². The number of ether oxygens (including phenoxy) is 1. The van der Waals surface area contributed by atoms with Crippen molar-refractivity contribution in [1.29, 1.82) is 0 Å². The SMILES string of the molecule is CC(C)CCCCCCCCCCCCCCCOC(=O)c1ccccc1CCCCCCCCCCCCCCCC(C)C. The summed E-state index contributed by atoms with van der Waals surface area (Å²) in [5.41, 5.74) is 1.95. The summed E-state index contributed by atoms with van der Waals surface area (Å²) in [5, 5.41) is 0. The molecule has 45 heavy (non-hydrogen) atoms. The number of benzene rings is 1. The second kappa shape index (κ2) is 31.3. The van der Waals surface area contributed by atoms with Crippen molar-refractivity contribution in [2.24, 2.45) is 11.8 Å². The molecule has 2 nitrogen and oxygen atoms in total. The fraction of sp³-hybridized carbons (Fsp3) is 0.837. The molecule has 0 amide bonds. The molecule has 1 aromatic carbocycles. The summed E-state index contributed by atoms with van der Waals surface area (Å²) in [6.07, 6.45) is 39.2. The van der Waals surface area contributed by atoms with Gasteiger partial charge in [0.05, 0.1) is 12.2 Å². The van der Waals surface area contributed by atoms with Crippen molar-refractivity contribution in [2.75, 3.05) is 6.61 Å². The number of carbonyl (C=O) groups excluding carboxylic acids is 1. The van der Waals surface area contributed by atoms with E-state index in [2.05, 4.69) is 39.8 Å². The van der Waals surface area contributed by atoms with Crippen LogP contribution in [0.4, 0.5) is 0 Å². The molecule has 262 valence electrons. The van der Waals surface area contributed by atoms with Gasteiger partial charge in [0.15, 0.2) is 0 Å². The number of hydrogen-bond acceptors (Lipinski definition) is 2. The topological polar surface area (TPSA) is 26.3 Å². The lowest BCUT2D eigenvalue weighted by atomic mass is 10.00. The van der Waals surface area contributed by atoms with Gasteiger partial charge in [0.2, 0.25) is 0 Å². The maximum atomic E-state index is 12.8. The third kappa shape index (κ3) is 27.5. The summed E-state index contributed by atoms with van der Waals surface area (Å²) in [6, 6.07) is 8.11. The predicted octanol–water partition coefficient (Wildman–Crippen LogP) is 14.6. The highest BCUT2D eigenvalue weighted by molar-refractivity contribution is 5.91. The third-order valence-electron chi connectivity index (χ3n) is 9.62. The second-order valence-electron chi connectivity index (χ2n) is 15.1. The average molecular weight is 627 g/mol. The molecule has 0 aromatic heterocycles. The van der Waals surface area contributed by atoms with E-state index in [1.54, 1.807) is 0 Å². The Kier molecular flexibility index (Phi) is 29.0. The van der Waals surface area contributed by atoms with Gasteiger partial charge in [-0.3, -0.25) is 0 Å². The Morgan fingerprint density at radius 2 is 0.800 bits per heavy atom. The zero-order valence-corrected chi connectivity index (χ0v) is 31.0. The number of carbonyl (C=O) groups is 1. The summed E-state index contributed by atoms with van der Waals surface area (Å²) in [4.78, 5) is 12.8. The van der Waals surface area contributed by atoms with Gasteiger partial charge in [0.1, 0.15) is 0 Å². The van der Waals surface area contributed by atoms with E-state index in [4.69, 9.17) is 4.74 Å². The first-order valence-electron chi connectivity index (χ1n) is 20.3. The van der Waals surface area contributed by atoms with E-state index in [9.17, 15) is 4.79 Å². The van der Waals surface area contributed by atoms with Crippen LogP contribution in [-0.4, -0.2) is 12.6 Å². The van der Waals surface area contributed by atoms with Crippen LogP contribution in [0, 0.1) is 11.8 Å². The largest absolute Gasteiger partial charge is 0.462 e. The molecule has 0 unspecified atom stereocenters. The first-order valence-corrected chi connectivity index (χ1v) is 20.3. The van der Waals surface area contributed by atoms with E-state index >= 15 is 0 Å². The Morgan fingerprint density at radius 1 is 0.467 bits per heavy atom. The highest BCUT2D eigenvalue weighted by Crippen LogP contribution is 2.18. The lowest BCUT2D eigenvalue weighted by Crippen LogP contribution is -2.09. The standard InChI is InChI=1S/C43H78O2/c1-39(2)33-27-23-19-15-11-7-5-9-13-17-21-25-29-35-41-36-30-31-37-42(41)43(44)45-38-32-26-22-18-14-10-6-8-12-16-20-24-28-34-40(3)4/h30-31,36-37,39-40H,5-29,32-35,38H2,1-4H3. The Hall–Kier alpha value is -1.31. The number of unbranched alkanes of at least 4 members (excludes halogenated alkanes) is 24. The molecular weight excluding hydrogens is 548 g/mol. The zero-order valence-electron chi connectivity index (χ0n) is 31.0. The molecule has 1 aromatic rings. The minimum atomic E-state index is -0.124. The quantitative estimate of drug-likeness (QED) is 0.0573. The highest BCUT2D eigenvalue weighted by atomic mass is 16.5. The Bertz CT molecular complexity index is 767. The predicted molar refractivity (Wildman–Crippen MR) is 199 cm³/mol. The molecule has 0 saturated heterocycles. The van der Waals surface area contributed by atoms with Gasteiger partial charge in [0.25, 0.3) is 0 Å².